The average molecular weight is 348 g/mol. The minimum absolute atomic E-state index is 0.184. The van der Waals surface area contributed by atoms with Gasteiger partial charge < -0.3 is 19.3 Å². The maximum absolute atomic E-state index is 12.7. The van der Waals surface area contributed by atoms with Crippen molar-refractivity contribution in [1.29, 1.82) is 0 Å². The molecule has 1 saturated carbocycles. The molecule has 1 aromatic heterocycles. The lowest BCUT2D eigenvalue weighted by Gasteiger charge is -2.34. The van der Waals surface area contributed by atoms with Crippen molar-refractivity contribution in [1.82, 2.24) is 13.6 Å². The van der Waals surface area contributed by atoms with Gasteiger partial charge in [0, 0.05) is 32.0 Å². The fourth-order valence-corrected chi connectivity index (χ4v) is 3.41. The molecule has 0 radical (unpaired) electrons. The SMILES string of the molecule is CN(C)C1CCN(c2nsnc2OCCOC2CC(F)(F)C2)C1. The summed E-state index contributed by atoms with van der Waals surface area (Å²) in [5.41, 5.74) is 0. The molecular formula is C14H22F2N4O2S. The van der Waals surface area contributed by atoms with Crippen LogP contribution in [0.5, 0.6) is 5.88 Å². The highest BCUT2D eigenvalue weighted by Gasteiger charge is 2.46. The zero-order chi connectivity index (χ0) is 16.4. The molecular weight excluding hydrogens is 326 g/mol. The van der Waals surface area contributed by atoms with E-state index in [1.807, 2.05) is 0 Å². The van der Waals surface area contributed by atoms with Gasteiger partial charge in [0.2, 0.25) is 5.82 Å². The number of rotatable bonds is 7. The summed E-state index contributed by atoms with van der Waals surface area (Å²) in [6.07, 6.45) is 0.371. The fourth-order valence-electron chi connectivity index (χ4n) is 2.89. The van der Waals surface area contributed by atoms with Crippen molar-refractivity contribution in [2.75, 3.05) is 45.3 Å². The first-order chi connectivity index (χ1) is 10.9. The van der Waals surface area contributed by atoms with Gasteiger partial charge in [-0.3, -0.25) is 0 Å². The monoisotopic (exact) mass is 348 g/mol. The van der Waals surface area contributed by atoms with Gasteiger partial charge in [-0.05, 0) is 20.5 Å². The molecule has 1 aromatic rings. The fraction of sp³-hybridized carbons (Fsp3) is 0.857. The van der Waals surface area contributed by atoms with E-state index in [2.05, 4.69) is 32.6 Å². The molecule has 9 heteroatoms. The Balaban J connectivity index is 1.42. The van der Waals surface area contributed by atoms with Gasteiger partial charge in [0.1, 0.15) is 6.61 Å². The summed E-state index contributed by atoms with van der Waals surface area (Å²) in [5, 5.41) is 0. The van der Waals surface area contributed by atoms with E-state index >= 15 is 0 Å². The van der Waals surface area contributed by atoms with E-state index < -0.39 is 5.92 Å². The number of aromatic nitrogens is 2. The Hall–Kier alpha value is -1.06. The third kappa shape index (κ3) is 4.07. The van der Waals surface area contributed by atoms with E-state index in [1.165, 1.54) is 0 Å². The molecule has 1 saturated heterocycles. The summed E-state index contributed by atoms with van der Waals surface area (Å²) in [4.78, 5) is 4.39. The van der Waals surface area contributed by atoms with E-state index in [4.69, 9.17) is 9.47 Å². The van der Waals surface area contributed by atoms with Gasteiger partial charge in [0.25, 0.3) is 11.8 Å². The van der Waals surface area contributed by atoms with Crippen LogP contribution in [0.1, 0.15) is 19.3 Å². The molecule has 0 amide bonds. The summed E-state index contributed by atoms with van der Waals surface area (Å²) in [5.74, 6) is -1.26. The second-order valence-electron chi connectivity index (χ2n) is 6.35. The smallest absolute Gasteiger partial charge is 0.270 e. The van der Waals surface area contributed by atoms with Gasteiger partial charge in [-0.2, -0.15) is 4.37 Å². The second-order valence-corrected chi connectivity index (χ2v) is 6.88. The minimum Gasteiger partial charge on any atom is -0.472 e. The topological polar surface area (TPSA) is 50.7 Å². The number of likely N-dealkylation sites (N-methyl/N-ethyl adjacent to an activating group) is 1. The van der Waals surface area contributed by atoms with Crippen LogP contribution < -0.4 is 9.64 Å². The first kappa shape index (κ1) is 16.8. The second kappa shape index (κ2) is 6.82. The normalized spacial score (nSPS) is 24.2. The summed E-state index contributed by atoms with van der Waals surface area (Å²) >= 11 is 1.12. The third-order valence-electron chi connectivity index (χ3n) is 4.36. The van der Waals surface area contributed by atoms with E-state index in [-0.39, 0.29) is 25.6 Å². The molecule has 130 valence electrons. The van der Waals surface area contributed by atoms with Crippen molar-refractivity contribution >= 4 is 17.5 Å². The first-order valence-electron chi connectivity index (χ1n) is 7.81. The summed E-state index contributed by atoms with van der Waals surface area (Å²) < 4.78 is 44.9. The number of anilines is 1. The maximum atomic E-state index is 12.7. The Morgan fingerprint density at radius 1 is 1.30 bits per heavy atom. The van der Waals surface area contributed by atoms with Crippen molar-refractivity contribution in [3.8, 4) is 5.88 Å². The molecule has 1 aliphatic heterocycles. The van der Waals surface area contributed by atoms with Crippen LogP contribution in [0.3, 0.4) is 0 Å². The molecule has 2 fully saturated rings. The van der Waals surface area contributed by atoms with Gasteiger partial charge in [-0.15, -0.1) is 4.37 Å². The lowest BCUT2D eigenvalue weighted by atomic mass is 9.91. The molecule has 6 nitrogen and oxygen atoms in total. The van der Waals surface area contributed by atoms with Crippen molar-refractivity contribution in [2.24, 2.45) is 0 Å². The molecule has 2 aliphatic rings. The molecule has 23 heavy (non-hydrogen) atoms. The Morgan fingerprint density at radius 3 is 2.74 bits per heavy atom. The quantitative estimate of drug-likeness (QED) is 0.701. The number of alkyl halides is 2. The maximum Gasteiger partial charge on any atom is 0.270 e. The van der Waals surface area contributed by atoms with Crippen molar-refractivity contribution < 1.29 is 18.3 Å². The molecule has 0 aromatic carbocycles. The lowest BCUT2D eigenvalue weighted by molar-refractivity contribution is -0.167. The number of hydrogen-bond donors (Lipinski definition) is 0. The Morgan fingerprint density at radius 2 is 2.09 bits per heavy atom. The molecule has 3 rings (SSSR count). The predicted octanol–water partition coefficient (Wildman–Crippen LogP) is 1.87. The Bertz CT molecular complexity index is 521. The van der Waals surface area contributed by atoms with Crippen LogP contribution in [0.15, 0.2) is 0 Å². The van der Waals surface area contributed by atoms with Crippen LogP contribution >= 0.6 is 11.7 Å². The minimum atomic E-state index is -2.55. The summed E-state index contributed by atoms with van der Waals surface area (Å²) in [6, 6.07) is 0.508. The van der Waals surface area contributed by atoms with E-state index in [1.54, 1.807) is 0 Å². The average Bonchev–Trinajstić information content (AvgIpc) is 3.09. The summed E-state index contributed by atoms with van der Waals surface area (Å²) in [7, 11) is 4.15. The van der Waals surface area contributed by atoms with Gasteiger partial charge in [-0.25, -0.2) is 8.78 Å². The van der Waals surface area contributed by atoms with Crippen molar-refractivity contribution in [3.63, 3.8) is 0 Å². The van der Waals surface area contributed by atoms with Gasteiger partial charge in [0.05, 0.1) is 24.4 Å². The third-order valence-corrected chi connectivity index (χ3v) is 4.87. The number of ether oxygens (including phenoxy) is 2. The Labute approximate surface area is 138 Å². The van der Waals surface area contributed by atoms with Crippen molar-refractivity contribution in [2.45, 2.75) is 37.3 Å². The zero-order valence-electron chi connectivity index (χ0n) is 13.4. The largest absolute Gasteiger partial charge is 0.472 e. The van der Waals surface area contributed by atoms with Crippen LogP contribution in [0.2, 0.25) is 0 Å². The van der Waals surface area contributed by atoms with Crippen LogP contribution in [0.25, 0.3) is 0 Å². The van der Waals surface area contributed by atoms with Gasteiger partial charge in [-0.1, -0.05) is 0 Å². The molecule has 0 spiro atoms. The molecule has 0 bridgehead atoms. The standard InChI is InChI=1S/C14H22F2N4O2S/c1-19(2)10-3-4-20(9-10)12-13(18-23-17-12)22-6-5-21-11-7-14(15,16)8-11/h10-11H,3-9H2,1-2H3. The first-order valence-corrected chi connectivity index (χ1v) is 8.54. The highest BCUT2D eigenvalue weighted by Crippen LogP contribution is 2.39. The van der Waals surface area contributed by atoms with Crippen LogP contribution in [0, 0.1) is 0 Å². The van der Waals surface area contributed by atoms with Crippen molar-refractivity contribution in [3.05, 3.63) is 0 Å². The summed E-state index contributed by atoms with van der Waals surface area (Å²) in [6.45, 7) is 2.42. The predicted molar refractivity (Wildman–Crippen MR) is 83.6 cm³/mol. The number of halogens is 2. The molecule has 1 unspecified atom stereocenters. The van der Waals surface area contributed by atoms with E-state index in [9.17, 15) is 8.78 Å². The van der Waals surface area contributed by atoms with Crippen LogP contribution in [0.4, 0.5) is 14.6 Å². The van der Waals surface area contributed by atoms with Crippen LogP contribution in [-0.2, 0) is 4.74 Å². The molecule has 2 heterocycles. The molecule has 1 aliphatic carbocycles. The van der Waals surface area contributed by atoms with Gasteiger partial charge >= 0.3 is 0 Å². The highest BCUT2D eigenvalue weighted by molar-refractivity contribution is 6.99. The number of hydrogen-bond acceptors (Lipinski definition) is 7. The lowest BCUT2D eigenvalue weighted by Crippen LogP contribution is -2.41. The zero-order valence-corrected chi connectivity index (χ0v) is 14.2. The Kier molecular flexibility index (Phi) is 4.98. The van der Waals surface area contributed by atoms with Crippen LogP contribution in [-0.4, -0.2) is 72.1 Å². The van der Waals surface area contributed by atoms with Gasteiger partial charge in [0.15, 0.2) is 0 Å². The molecule has 0 N–H and O–H groups in total. The van der Waals surface area contributed by atoms with E-state index in [0.29, 0.717) is 18.5 Å². The molecule has 1 atom stereocenters. The van der Waals surface area contributed by atoms with E-state index in [0.717, 1.165) is 37.1 Å². The number of nitrogens with zero attached hydrogens (tertiary/aromatic N) is 4. The highest BCUT2D eigenvalue weighted by atomic mass is 32.1.